The largest absolute Gasteiger partial charge is 0.417 e. The highest BCUT2D eigenvalue weighted by Gasteiger charge is 2.37. The van der Waals surface area contributed by atoms with Crippen LogP contribution in [0.4, 0.5) is 19.0 Å². The maximum Gasteiger partial charge on any atom is 0.417 e. The molecule has 1 amide bonds. The summed E-state index contributed by atoms with van der Waals surface area (Å²) in [5.41, 5.74) is -0.723. The maximum atomic E-state index is 12.7. The molecule has 2 atom stereocenters. The van der Waals surface area contributed by atoms with E-state index in [4.69, 9.17) is 0 Å². The van der Waals surface area contributed by atoms with Crippen molar-refractivity contribution in [2.45, 2.75) is 24.7 Å². The first-order chi connectivity index (χ1) is 13.4. The van der Waals surface area contributed by atoms with Gasteiger partial charge in [0.25, 0.3) is 0 Å². The van der Waals surface area contributed by atoms with Gasteiger partial charge in [-0.3, -0.25) is 9.69 Å². The van der Waals surface area contributed by atoms with E-state index in [2.05, 4.69) is 15.2 Å². The Balaban J connectivity index is 0.00000160. The maximum absolute atomic E-state index is 12.7. The van der Waals surface area contributed by atoms with Crippen molar-refractivity contribution in [2.24, 2.45) is 0 Å². The van der Waals surface area contributed by atoms with Gasteiger partial charge in [0, 0.05) is 57.3 Å². The van der Waals surface area contributed by atoms with Gasteiger partial charge in [0.1, 0.15) is 5.82 Å². The van der Waals surface area contributed by atoms with Crippen molar-refractivity contribution in [3.8, 4) is 0 Å². The number of hydrogen-bond acceptors (Lipinski definition) is 6. The molecule has 1 aromatic rings. The molecule has 0 aromatic carbocycles. The summed E-state index contributed by atoms with van der Waals surface area (Å²) in [6.07, 6.45) is -2.64. The SMILES string of the molecule is Cl.Cl.O=C([C@@H]1C[C@H](N2CCN(c3ccc(C(F)(F)F)cn3)CC2)CN1)N1CCSC1. The smallest absolute Gasteiger partial charge is 0.354 e. The summed E-state index contributed by atoms with van der Waals surface area (Å²) in [6.45, 7) is 4.71. The number of carbonyl (C=O) groups excluding carboxylic acids is 1. The van der Waals surface area contributed by atoms with Crippen molar-refractivity contribution in [3.05, 3.63) is 23.9 Å². The fourth-order valence-corrected chi connectivity index (χ4v) is 5.00. The van der Waals surface area contributed by atoms with Gasteiger partial charge in [-0.25, -0.2) is 4.98 Å². The summed E-state index contributed by atoms with van der Waals surface area (Å²) < 4.78 is 38.0. The predicted octanol–water partition coefficient (Wildman–Crippen LogP) is 2.33. The van der Waals surface area contributed by atoms with Gasteiger partial charge in [0.05, 0.1) is 17.5 Å². The van der Waals surface area contributed by atoms with Gasteiger partial charge in [-0.1, -0.05) is 0 Å². The van der Waals surface area contributed by atoms with E-state index < -0.39 is 11.7 Å². The minimum atomic E-state index is -4.36. The topological polar surface area (TPSA) is 51.7 Å². The molecular formula is C18H26Cl2F3N5OS. The van der Waals surface area contributed by atoms with Gasteiger partial charge >= 0.3 is 6.18 Å². The second-order valence-corrected chi connectivity index (χ2v) is 8.49. The zero-order valence-electron chi connectivity index (χ0n) is 16.3. The molecule has 1 N–H and O–H groups in total. The first kappa shape index (κ1) is 25.3. The highest BCUT2D eigenvalue weighted by Crippen LogP contribution is 2.29. The third kappa shape index (κ3) is 5.64. The molecular weight excluding hydrogens is 462 g/mol. The number of nitrogens with zero attached hydrogens (tertiary/aromatic N) is 4. The molecule has 1 aromatic heterocycles. The number of halogens is 5. The molecule has 0 bridgehead atoms. The lowest BCUT2D eigenvalue weighted by Gasteiger charge is -2.38. The van der Waals surface area contributed by atoms with Crippen molar-refractivity contribution in [1.29, 1.82) is 0 Å². The number of nitrogens with one attached hydrogen (secondary N) is 1. The zero-order valence-corrected chi connectivity index (χ0v) is 18.8. The molecule has 3 aliphatic rings. The molecule has 0 spiro atoms. The molecule has 3 fully saturated rings. The predicted molar refractivity (Wildman–Crippen MR) is 117 cm³/mol. The zero-order chi connectivity index (χ0) is 19.7. The summed E-state index contributed by atoms with van der Waals surface area (Å²) in [5, 5.41) is 3.37. The van der Waals surface area contributed by atoms with E-state index >= 15 is 0 Å². The van der Waals surface area contributed by atoms with Crippen LogP contribution in [0.3, 0.4) is 0 Å². The number of amides is 1. The summed E-state index contributed by atoms with van der Waals surface area (Å²) in [7, 11) is 0. The molecule has 4 heterocycles. The van der Waals surface area contributed by atoms with Crippen molar-refractivity contribution < 1.29 is 18.0 Å². The van der Waals surface area contributed by atoms with Crippen LogP contribution >= 0.6 is 36.6 Å². The van der Waals surface area contributed by atoms with E-state index in [0.29, 0.717) is 11.9 Å². The Kier molecular flexibility index (Phi) is 8.93. The highest BCUT2D eigenvalue weighted by atomic mass is 35.5. The van der Waals surface area contributed by atoms with Crippen LogP contribution in [0.25, 0.3) is 0 Å². The van der Waals surface area contributed by atoms with E-state index in [9.17, 15) is 18.0 Å². The van der Waals surface area contributed by atoms with Crippen LogP contribution in [0, 0.1) is 0 Å². The Morgan fingerprint density at radius 3 is 2.43 bits per heavy atom. The lowest BCUT2D eigenvalue weighted by Crippen LogP contribution is -2.51. The van der Waals surface area contributed by atoms with Crippen molar-refractivity contribution in [3.63, 3.8) is 0 Å². The Morgan fingerprint density at radius 1 is 1.13 bits per heavy atom. The second-order valence-electron chi connectivity index (χ2n) is 7.42. The molecule has 3 saturated heterocycles. The van der Waals surface area contributed by atoms with Gasteiger partial charge in [0.15, 0.2) is 0 Å². The Labute approximate surface area is 190 Å². The molecule has 0 saturated carbocycles. The van der Waals surface area contributed by atoms with Gasteiger partial charge < -0.3 is 15.1 Å². The highest BCUT2D eigenvalue weighted by molar-refractivity contribution is 7.99. The van der Waals surface area contributed by atoms with Crippen LogP contribution in [-0.2, 0) is 11.0 Å². The summed E-state index contributed by atoms with van der Waals surface area (Å²) >= 11 is 1.79. The third-order valence-electron chi connectivity index (χ3n) is 5.70. The molecule has 3 aliphatic heterocycles. The first-order valence-electron chi connectivity index (χ1n) is 9.54. The molecule has 0 radical (unpaired) electrons. The van der Waals surface area contributed by atoms with Gasteiger partial charge in [-0.2, -0.15) is 13.2 Å². The molecule has 4 rings (SSSR count). The van der Waals surface area contributed by atoms with Gasteiger partial charge in [-0.05, 0) is 18.6 Å². The fraction of sp³-hybridized carbons (Fsp3) is 0.667. The number of hydrogen-bond donors (Lipinski definition) is 1. The van der Waals surface area contributed by atoms with E-state index in [0.717, 1.165) is 69.6 Å². The number of pyridine rings is 1. The van der Waals surface area contributed by atoms with E-state index in [1.165, 1.54) is 6.07 Å². The van der Waals surface area contributed by atoms with E-state index in [1.54, 1.807) is 11.8 Å². The second kappa shape index (κ2) is 10.6. The fourth-order valence-electron chi connectivity index (χ4n) is 4.05. The van der Waals surface area contributed by atoms with Gasteiger partial charge in [-0.15, -0.1) is 36.6 Å². The summed E-state index contributed by atoms with van der Waals surface area (Å²) in [4.78, 5) is 22.9. The van der Waals surface area contributed by atoms with Crippen molar-refractivity contribution in [2.75, 3.05) is 55.8 Å². The number of carbonyl (C=O) groups is 1. The minimum absolute atomic E-state index is 0. The average Bonchev–Trinajstić information content (AvgIpc) is 3.39. The molecule has 170 valence electrons. The van der Waals surface area contributed by atoms with Crippen LogP contribution in [0.2, 0.25) is 0 Å². The van der Waals surface area contributed by atoms with Crippen LogP contribution in [0.5, 0.6) is 0 Å². The number of rotatable bonds is 3. The summed E-state index contributed by atoms with van der Waals surface area (Å²) in [5.74, 6) is 2.60. The van der Waals surface area contributed by atoms with E-state index in [-0.39, 0.29) is 36.8 Å². The molecule has 0 aliphatic carbocycles. The molecule has 12 heteroatoms. The quantitative estimate of drug-likeness (QED) is 0.705. The average molecular weight is 488 g/mol. The molecule has 6 nitrogen and oxygen atoms in total. The van der Waals surface area contributed by atoms with Gasteiger partial charge in [0.2, 0.25) is 5.91 Å². The van der Waals surface area contributed by atoms with Crippen LogP contribution < -0.4 is 10.2 Å². The number of alkyl halides is 3. The van der Waals surface area contributed by atoms with Crippen molar-refractivity contribution in [1.82, 2.24) is 20.1 Å². The van der Waals surface area contributed by atoms with Crippen LogP contribution in [-0.4, -0.2) is 83.7 Å². The van der Waals surface area contributed by atoms with Crippen molar-refractivity contribution >= 4 is 48.3 Å². The Bertz CT molecular complexity index is 698. The van der Waals surface area contributed by atoms with Crippen LogP contribution in [0.1, 0.15) is 12.0 Å². The normalized spacial score (nSPS) is 25.0. The molecule has 30 heavy (non-hydrogen) atoms. The number of thioether (sulfide) groups is 1. The Morgan fingerprint density at radius 2 is 1.87 bits per heavy atom. The molecule has 0 unspecified atom stereocenters. The monoisotopic (exact) mass is 487 g/mol. The first-order valence-corrected chi connectivity index (χ1v) is 10.7. The number of anilines is 1. The lowest BCUT2D eigenvalue weighted by molar-refractivity contribution is -0.137. The Hall–Kier alpha value is -0.940. The third-order valence-corrected chi connectivity index (χ3v) is 6.67. The summed E-state index contributed by atoms with van der Waals surface area (Å²) in [6, 6.07) is 2.76. The standard InChI is InChI=1S/C18H24F3N5OS.2ClH/c19-18(20,21)13-1-2-16(23-10-13)25-5-3-24(4-6-25)14-9-15(22-11-14)17(27)26-7-8-28-12-26;;/h1-2,10,14-15,22H,3-9,11-12H2;2*1H/t14-,15-;;/m0../s1. The minimum Gasteiger partial charge on any atom is -0.354 e. The van der Waals surface area contributed by atoms with Crippen LogP contribution in [0.15, 0.2) is 18.3 Å². The number of aromatic nitrogens is 1. The number of piperazine rings is 1. The van der Waals surface area contributed by atoms with E-state index in [1.807, 2.05) is 9.80 Å². The lowest BCUT2D eigenvalue weighted by atomic mass is 10.1.